The van der Waals surface area contributed by atoms with Gasteiger partial charge >= 0.3 is 0 Å². The number of rotatable bonds is 8. The molecule has 2 rings (SSSR count). The minimum atomic E-state index is -0.480. The van der Waals surface area contributed by atoms with Crippen molar-refractivity contribution in [2.45, 2.75) is 12.5 Å². The zero-order chi connectivity index (χ0) is 15.8. The summed E-state index contributed by atoms with van der Waals surface area (Å²) in [5.74, 6) is 1.48. The Hall–Kier alpha value is -2.04. The van der Waals surface area contributed by atoms with Crippen molar-refractivity contribution in [1.29, 1.82) is 0 Å². The molecule has 0 aromatic heterocycles. The van der Waals surface area contributed by atoms with E-state index in [0.29, 0.717) is 6.54 Å². The third kappa shape index (κ3) is 4.48. The lowest BCUT2D eigenvalue weighted by Gasteiger charge is -2.13. The molecular weight excluding hydrogens is 278 g/mol. The second kappa shape index (κ2) is 8.41. The first-order valence-electron chi connectivity index (χ1n) is 7.39. The van der Waals surface area contributed by atoms with Crippen LogP contribution in [-0.4, -0.2) is 32.4 Å². The van der Waals surface area contributed by atoms with Crippen molar-refractivity contribution in [2.75, 3.05) is 27.3 Å². The largest absolute Gasteiger partial charge is 0.493 e. The van der Waals surface area contributed by atoms with E-state index in [-0.39, 0.29) is 0 Å². The van der Waals surface area contributed by atoms with Crippen LogP contribution in [0.2, 0.25) is 0 Å². The lowest BCUT2D eigenvalue weighted by molar-refractivity contribution is 0.175. The zero-order valence-corrected chi connectivity index (χ0v) is 13.1. The molecule has 0 heterocycles. The number of methoxy groups -OCH3 is 2. The summed E-state index contributed by atoms with van der Waals surface area (Å²) in [4.78, 5) is 0. The van der Waals surface area contributed by atoms with E-state index in [1.807, 2.05) is 48.5 Å². The van der Waals surface area contributed by atoms with Gasteiger partial charge in [0, 0.05) is 6.54 Å². The van der Waals surface area contributed by atoms with Crippen molar-refractivity contribution < 1.29 is 14.6 Å². The van der Waals surface area contributed by atoms with E-state index in [2.05, 4.69) is 5.32 Å². The smallest absolute Gasteiger partial charge is 0.160 e. The van der Waals surface area contributed by atoms with Gasteiger partial charge in [-0.3, -0.25) is 0 Å². The lowest BCUT2D eigenvalue weighted by atomic mass is 10.1. The van der Waals surface area contributed by atoms with E-state index in [0.717, 1.165) is 30.0 Å². The summed E-state index contributed by atoms with van der Waals surface area (Å²) in [7, 11) is 3.26. The minimum absolute atomic E-state index is 0.480. The Morgan fingerprint density at radius 3 is 2.41 bits per heavy atom. The van der Waals surface area contributed by atoms with Crippen molar-refractivity contribution in [2.24, 2.45) is 0 Å². The second-order valence-electron chi connectivity index (χ2n) is 5.07. The Balaban J connectivity index is 1.79. The summed E-state index contributed by atoms with van der Waals surface area (Å²) in [6.07, 6.45) is 0.383. The van der Waals surface area contributed by atoms with Crippen LogP contribution in [0.15, 0.2) is 48.5 Å². The summed E-state index contributed by atoms with van der Waals surface area (Å²) >= 11 is 0. The van der Waals surface area contributed by atoms with E-state index in [1.165, 1.54) is 5.56 Å². The molecule has 2 aromatic carbocycles. The summed E-state index contributed by atoms with van der Waals surface area (Å²) in [6, 6.07) is 15.6. The van der Waals surface area contributed by atoms with E-state index >= 15 is 0 Å². The predicted molar refractivity (Wildman–Crippen MR) is 87.5 cm³/mol. The maximum Gasteiger partial charge on any atom is 0.160 e. The Morgan fingerprint density at radius 1 is 1.00 bits per heavy atom. The Kier molecular flexibility index (Phi) is 6.25. The molecule has 0 saturated carbocycles. The fourth-order valence-corrected chi connectivity index (χ4v) is 2.30. The number of aliphatic hydroxyl groups is 1. The number of hydrogen-bond donors (Lipinski definition) is 2. The van der Waals surface area contributed by atoms with Gasteiger partial charge in [0.25, 0.3) is 0 Å². The molecule has 0 aliphatic carbocycles. The second-order valence-corrected chi connectivity index (χ2v) is 5.07. The molecule has 0 spiro atoms. The van der Waals surface area contributed by atoms with E-state index < -0.39 is 6.10 Å². The summed E-state index contributed by atoms with van der Waals surface area (Å²) < 4.78 is 10.5. The van der Waals surface area contributed by atoms with Crippen molar-refractivity contribution in [3.05, 3.63) is 59.7 Å². The monoisotopic (exact) mass is 301 g/mol. The Bertz CT molecular complexity index is 572. The van der Waals surface area contributed by atoms with Gasteiger partial charge in [0.15, 0.2) is 11.5 Å². The van der Waals surface area contributed by atoms with Gasteiger partial charge in [-0.1, -0.05) is 36.4 Å². The maximum absolute atomic E-state index is 10.1. The fraction of sp³-hybridized carbons (Fsp3) is 0.333. The highest BCUT2D eigenvalue weighted by molar-refractivity contribution is 5.42. The number of aliphatic hydroxyl groups excluding tert-OH is 1. The molecule has 0 saturated heterocycles. The first-order valence-corrected chi connectivity index (χ1v) is 7.39. The van der Waals surface area contributed by atoms with Gasteiger partial charge in [0.05, 0.1) is 20.3 Å². The Morgan fingerprint density at radius 2 is 1.73 bits per heavy atom. The third-order valence-corrected chi connectivity index (χ3v) is 3.56. The van der Waals surface area contributed by atoms with Crippen molar-refractivity contribution in [1.82, 2.24) is 5.32 Å². The normalized spacial score (nSPS) is 12.0. The molecule has 118 valence electrons. The van der Waals surface area contributed by atoms with Gasteiger partial charge in [-0.2, -0.15) is 0 Å². The van der Waals surface area contributed by atoms with Crippen molar-refractivity contribution >= 4 is 0 Å². The highest BCUT2D eigenvalue weighted by atomic mass is 16.5. The highest BCUT2D eigenvalue weighted by Crippen LogP contribution is 2.27. The van der Waals surface area contributed by atoms with Crippen molar-refractivity contribution in [3.63, 3.8) is 0 Å². The van der Waals surface area contributed by atoms with Crippen LogP contribution in [0.3, 0.4) is 0 Å². The summed E-state index contributed by atoms with van der Waals surface area (Å²) in [6.45, 7) is 1.33. The predicted octanol–water partition coefficient (Wildman–Crippen LogP) is 2.57. The van der Waals surface area contributed by atoms with Gasteiger partial charge in [0.2, 0.25) is 0 Å². The zero-order valence-electron chi connectivity index (χ0n) is 13.1. The SMILES string of the molecule is COc1ccc(CCNCC(O)c2ccccc2)cc1OC. The molecule has 22 heavy (non-hydrogen) atoms. The first-order chi connectivity index (χ1) is 10.7. The molecule has 4 heteroatoms. The average Bonchev–Trinajstić information content (AvgIpc) is 2.59. The van der Waals surface area contributed by atoms with Crippen LogP contribution >= 0.6 is 0 Å². The maximum atomic E-state index is 10.1. The van der Waals surface area contributed by atoms with Crippen LogP contribution in [0.1, 0.15) is 17.2 Å². The molecule has 2 aromatic rings. The highest BCUT2D eigenvalue weighted by Gasteiger charge is 2.07. The van der Waals surface area contributed by atoms with Gasteiger partial charge in [-0.15, -0.1) is 0 Å². The number of ether oxygens (including phenoxy) is 2. The number of hydrogen-bond acceptors (Lipinski definition) is 4. The molecular formula is C18H23NO3. The van der Waals surface area contributed by atoms with Crippen LogP contribution in [0.5, 0.6) is 11.5 Å². The summed E-state index contributed by atoms with van der Waals surface area (Å²) in [5.41, 5.74) is 2.10. The molecule has 1 unspecified atom stereocenters. The first kappa shape index (κ1) is 16.3. The molecule has 0 bridgehead atoms. The number of nitrogens with one attached hydrogen (secondary N) is 1. The molecule has 0 fully saturated rings. The molecule has 0 amide bonds. The van der Waals surface area contributed by atoms with E-state index in [1.54, 1.807) is 14.2 Å². The topological polar surface area (TPSA) is 50.7 Å². The standard InChI is InChI=1S/C18H23NO3/c1-21-17-9-8-14(12-18(17)22-2)10-11-19-13-16(20)15-6-4-3-5-7-15/h3-9,12,16,19-20H,10-11,13H2,1-2H3. The summed E-state index contributed by atoms with van der Waals surface area (Å²) in [5, 5.41) is 13.3. The van der Waals surface area contributed by atoms with Crippen LogP contribution in [0, 0.1) is 0 Å². The minimum Gasteiger partial charge on any atom is -0.493 e. The van der Waals surface area contributed by atoms with Crippen molar-refractivity contribution in [3.8, 4) is 11.5 Å². The molecule has 4 nitrogen and oxygen atoms in total. The molecule has 0 aliphatic heterocycles. The van der Waals surface area contributed by atoms with Gasteiger partial charge < -0.3 is 19.9 Å². The average molecular weight is 301 g/mol. The van der Waals surface area contributed by atoms with E-state index in [4.69, 9.17) is 9.47 Å². The number of benzene rings is 2. The van der Waals surface area contributed by atoms with Crippen LogP contribution in [0.4, 0.5) is 0 Å². The fourth-order valence-electron chi connectivity index (χ4n) is 2.30. The van der Waals surface area contributed by atoms with Crippen LogP contribution in [0.25, 0.3) is 0 Å². The van der Waals surface area contributed by atoms with Crippen LogP contribution < -0.4 is 14.8 Å². The lowest BCUT2D eigenvalue weighted by Crippen LogP contribution is -2.23. The molecule has 0 aliphatic rings. The molecule has 2 N–H and O–H groups in total. The van der Waals surface area contributed by atoms with Gasteiger partial charge in [-0.05, 0) is 36.2 Å². The quantitative estimate of drug-likeness (QED) is 0.736. The van der Waals surface area contributed by atoms with E-state index in [9.17, 15) is 5.11 Å². The van der Waals surface area contributed by atoms with Crippen LogP contribution in [-0.2, 0) is 6.42 Å². The third-order valence-electron chi connectivity index (χ3n) is 3.56. The Labute approximate surface area is 131 Å². The van der Waals surface area contributed by atoms with Gasteiger partial charge in [-0.25, -0.2) is 0 Å². The van der Waals surface area contributed by atoms with Gasteiger partial charge in [0.1, 0.15) is 0 Å². The molecule has 0 radical (unpaired) electrons. The molecule has 1 atom stereocenters.